The molecule has 2 N–H and O–H groups in total. The summed E-state index contributed by atoms with van der Waals surface area (Å²) in [6.45, 7) is 7.19. The maximum Gasteiger partial charge on any atom is 0.221 e. The lowest BCUT2D eigenvalue weighted by molar-refractivity contribution is -0.114. The zero-order chi connectivity index (χ0) is 14.5. The Kier molecular flexibility index (Phi) is 4.40. The summed E-state index contributed by atoms with van der Waals surface area (Å²) in [5.41, 5.74) is 3.99. The van der Waals surface area contributed by atoms with E-state index in [1.807, 2.05) is 37.6 Å². The van der Waals surface area contributed by atoms with Gasteiger partial charge in [0.15, 0.2) is 0 Å². The number of imidazole rings is 1. The van der Waals surface area contributed by atoms with Gasteiger partial charge in [-0.2, -0.15) is 0 Å². The molecule has 5 heteroatoms. The standard InChI is InChI=1S/C15H20N4O/c1-4-19-10-16-8-14(19)9-17-13-6-5-11(2)15(7-13)18-12(3)20/h5-8,10,17H,4,9H2,1-3H3,(H,18,20). The third-order valence-corrected chi connectivity index (χ3v) is 3.16. The van der Waals surface area contributed by atoms with Gasteiger partial charge in [-0.15, -0.1) is 0 Å². The highest BCUT2D eigenvalue weighted by Gasteiger charge is 2.04. The van der Waals surface area contributed by atoms with Gasteiger partial charge < -0.3 is 15.2 Å². The number of aromatic nitrogens is 2. The third kappa shape index (κ3) is 3.38. The maximum absolute atomic E-state index is 11.2. The summed E-state index contributed by atoms with van der Waals surface area (Å²) in [4.78, 5) is 15.3. The van der Waals surface area contributed by atoms with Crippen LogP contribution in [0.5, 0.6) is 0 Å². The van der Waals surface area contributed by atoms with E-state index in [0.29, 0.717) is 6.54 Å². The maximum atomic E-state index is 11.2. The molecule has 0 spiro atoms. The Morgan fingerprint density at radius 3 is 2.90 bits per heavy atom. The Morgan fingerprint density at radius 1 is 1.40 bits per heavy atom. The van der Waals surface area contributed by atoms with Crippen LogP contribution < -0.4 is 10.6 Å². The van der Waals surface area contributed by atoms with Crippen molar-refractivity contribution in [3.63, 3.8) is 0 Å². The third-order valence-electron chi connectivity index (χ3n) is 3.16. The molecule has 1 aromatic carbocycles. The highest BCUT2D eigenvalue weighted by Crippen LogP contribution is 2.20. The number of aryl methyl sites for hydroxylation is 2. The molecule has 1 aromatic heterocycles. The van der Waals surface area contributed by atoms with Crippen LogP contribution in [0, 0.1) is 6.92 Å². The summed E-state index contributed by atoms with van der Waals surface area (Å²) in [7, 11) is 0. The molecule has 0 bridgehead atoms. The van der Waals surface area contributed by atoms with E-state index in [-0.39, 0.29) is 5.91 Å². The normalized spacial score (nSPS) is 10.3. The van der Waals surface area contributed by atoms with Crippen LogP contribution in [-0.2, 0) is 17.9 Å². The van der Waals surface area contributed by atoms with E-state index < -0.39 is 0 Å². The van der Waals surface area contributed by atoms with Crippen molar-refractivity contribution in [2.75, 3.05) is 10.6 Å². The lowest BCUT2D eigenvalue weighted by Gasteiger charge is -2.12. The molecular formula is C15H20N4O. The van der Waals surface area contributed by atoms with Gasteiger partial charge in [0.2, 0.25) is 5.91 Å². The molecule has 2 rings (SSSR count). The first kappa shape index (κ1) is 14.1. The van der Waals surface area contributed by atoms with Crippen LogP contribution in [0.3, 0.4) is 0 Å². The summed E-state index contributed by atoms with van der Waals surface area (Å²) in [5, 5.41) is 6.18. The molecule has 0 atom stereocenters. The van der Waals surface area contributed by atoms with E-state index in [2.05, 4.69) is 27.1 Å². The number of rotatable bonds is 5. The van der Waals surface area contributed by atoms with Crippen molar-refractivity contribution in [2.45, 2.75) is 33.9 Å². The lowest BCUT2D eigenvalue weighted by Crippen LogP contribution is -2.09. The van der Waals surface area contributed by atoms with Gasteiger partial charge in [-0.1, -0.05) is 6.07 Å². The molecule has 0 saturated carbocycles. The molecule has 0 aliphatic carbocycles. The molecule has 0 saturated heterocycles. The molecule has 0 radical (unpaired) electrons. The number of nitrogens with zero attached hydrogens (tertiary/aromatic N) is 2. The smallest absolute Gasteiger partial charge is 0.221 e. The van der Waals surface area contributed by atoms with Gasteiger partial charge >= 0.3 is 0 Å². The molecule has 1 amide bonds. The van der Waals surface area contributed by atoms with E-state index in [1.165, 1.54) is 6.92 Å². The van der Waals surface area contributed by atoms with Crippen molar-refractivity contribution in [3.05, 3.63) is 42.0 Å². The number of benzene rings is 1. The first-order valence-corrected chi connectivity index (χ1v) is 6.71. The highest BCUT2D eigenvalue weighted by atomic mass is 16.1. The molecule has 0 aliphatic rings. The van der Waals surface area contributed by atoms with Crippen molar-refractivity contribution in [1.29, 1.82) is 0 Å². The lowest BCUT2D eigenvalue weighted by atomic mass is 10.1. The van der Waals surface area contributed by atoms with Gasteiger partial charge in [-0.25, -0.2) is 4.98 Å². The van der Waals surface area contributed by atoms with Crippen molar-refractivity contribution in [2.24, 2.45) is 0 Å². The van der Waals surface area contributed by atoms with Gasteiger partial charge in [0.25, 0.3) is 0 Å². The van der Waals surface area contributed by atoms with E-state index in [4.69, 9.17) is 0 Å². The summed E-state index contributed by atoms with van der Waals surface area (Å²) < 4.78 is 2.09. The van der Waals surface area contributed by atoms with Crippen molar-refractivity contribution < 1.29 is 4.79 Å². The van der Waals surface area contributed by atoms with Crippen LogP contribution >= 0.6 is 0 Å². The molecule has 0 fully saturated rings. The van der Waals surface area contributed by atoms with Crippen LogP contribution in [0.25, 0.3) is 0 Å². The Morgan fingerprint density at radius 2 is 2.20 bits per heavy atom. The number of anilines is 2. The number of amides is 1. The molecule has 5 nitrogen and oxygen atoms in total. The van der Waals surface area contributed by atoms with Gasteiger partial charge in [-0.05, 0) is 31.5 Å². The topological polar surface area (TPSA) is 59.0 Å². The van der Waals surface area contributed by atoms with E-state index in [0.717, 1.165) is 29.2 Å². The number of nitrogens with one attached hydrogen (secondary N) is 2. The fraction of sp³-hybridized carbons (Fsp3) is 0.333. The fourth-order valence-corrected chi connectivity index (χ4v) is 2.03. The SMILES string of the molecule is CCn1cncc1CNc1ccc(C)c(NC(C)=O)c1. The summed E-state index contributed by atoms with van der Waals surface area (Å²) in [6, 6.07) is 5.95. The summed E-state index contributed by atoms with van der Waals surface area (Å²) in [5.74, 6) is -0.0608. The molecule has 20 heavy (non-hydrogen) atoms. The molecular weight excluding hydrogens is 252 g/mol. The van der Waals surface area contributed by atoms with Crippen molar-refractivity contribution in [3.8, 4) is 0 Å². The number of hydrogen-bond donors (Lipinski definition) is 2. The van der Waals surface area contributed by atoms with Crippen molar-refractivity contribution >= 4 is 17.3 Å². The minimum Gasteiger partial charge on any atom is -0.379 e. The average Bonchev–Trinajstić information content (AvgIpc) is 2.86. The van der Waals surface area contributed by atoms with Crippen LogP contribution in [0.4, 0.5) is 11.4 Å². The minimum absolute atomic E-state index is 0.0608. The zero-order valence-corrected chi connectivity index (χ0v) is 12.1. The largest absolute Gasteiger partial charge is 0.379 e. The zero-order valence-electron chi connectivity index (χ0n) is 12.1. The number of carbonyl (C=O) groups excluding carboxylic acids is 1. The van der Waals surface area contributed by atoms with E-state index in [9.17, 15) is 4.79 Å². The summed E-state index contributed by atoms with van der Waals surface area (Å²) in [6.07, 6.45) is 3.69. The van der Waals surface area contributed by atoms with Gasteiger partial charge in [0, 0.05) is 31.0 Å². The molecule has 0 aliphatic heterocycles. The van der Waals surface area contributed by atoms with Gasteiger partial charge in [0.1, 0.15) is 0 Å². The predicted molar refractivity (Wildman–Crippen MR) is 80.7 cm³/mol. The van der Waals surface area contributed by atoms with Gasteiger partial charge in [0.05, 0.1) is 18.6 Å². The Hall–Kier alpha value is -2.30. The van der Waals surface area contributed by atoms with Gasteiger partial charge in [-0.3, -0.25) is 4.79 Å². The second kappa shape index (κ2) is 6.23. The Balaban J connectivity index is 2.08. The monoisotopic (exact) mass is 272 g/mol. The second-order valence-corrected chi connectivity index (χ2v) is 4.74. The minimum atomic E-state index is -0.0608. The van der Waals surface area contributed by atoms with Crippen LogP contribution in [0.1, 0.15) is 25.1 Å². The average molecular weight is 272 g/mol. The van der Waals surface area contributed by atoms with Crippen LogP contribution in [-0.4, -0.2) is 15.5 Å². The summed E-state index contributed by atoms with van der Waals surface area (Å²) >= 11 is 0. The van der Waals surface area contributed by atoms with Crippen LogP contribution in [0.2, 0.25) is 0 Å². The second-order valence-electron chi connectivity index (χ2n) is 4.74. The Bertz CT molecular complexity index is 604. The van der Waals surface area contributed by atoms with E-state index in [1.54, 1.807) is 0 Å². The number of hydrogen-bond acceptors (Lipinski definition) is 3. The molecule has 106 valence electrons. The molecule has 2 aromatic rings. The number of carbonyl (C=O) groups is 1. The first-order chi connectivity index (χ1) is 9.60. The fourth-order valence-electron chi connectivity index (χ4n) is 2.03. The van der Waals surface area contributed by atoms with E-state index >= 15 is 0 Å². The first-order valence-electron chi connectivity index (χ1n) is 6.71. The highest BCUT2D eigenvalue weighted by molar-refractivity contribution is 5.90. The predicted octanol–water partition coefficient (Wildman–Crippen LogP) is 2.78. The molecule has 1 heterocycles. The molecule has 0 unspecified atom stereocenters. The quantitative estimate of drug-likeness (QED) is 0.880. The van der Waals surface area contributed by atoms with Crippen LogP contribution in [0.15, 0.2) is 30.7 Å². The van der Waals surface area contributed by atoms with Crippen molar-refractivity contribution in [1.82, 2.24) is 9.55 Å². The Labute approximate surface area is 119 Å².